The SMILES string of the molecule is CN1CC[C@@](O)(C#Cc2c[c-]ccc2)C1=O.COCCCc1cnc(-c2cccc(C#C[C@]3(O)CCN(C)C3=O)c2)nc1C(N)=O.COCCCc1cnc(Cl)nc1C(N)=O.FB(F)F.[K+]. The third-order valence-corrected chi connectivity index (χ3v) is 9.61. The second-order valence-electron chi connectivity index (χ2n) is 14.3. The van der Waals surface area contributed by atoms with Gasteiger partial charge < -0.3 is 41.0 Å². The molecule has 66 heavy (non-hydrogen) atoms. The molecule has 0 aliphatic carbocycles. The summed E-state index contributed by atoms with van der Waals surface area (Å²) in [6, 6.07) is 17.1. The van der Waals surface area contributed by atoms with E-state index < -0.39 is 36.5 Å². The van der Waals surface area contributed by atoms with Crippen LogP contribution in [0.1, 0.15) is 68.9 Å². The van der Waals surface area contributed by atoms with Crippen LogP contribution in [0.15, 0.2) is 60.9 Å². The number of methoxy groups -OCH3 is 2. The fourth-order valence-electron chi connectivity index (χ4n) is 6.04. The van der Waals surface area contributed by atoms with E-state index >= 15 is 0 Å². The molecule has 0 unspecified atom stereocenters. The Balaban J connectivity index is 0.000000351. The smallest absolute Gasteiger partial charge is 0.385 e. The van der Waals surface area contributed by atoms with E-state index in [-0.39, 0.29) is 80.4 Å². The summed E-state index contributed by atoms with van der Waals surface area (Å²) in [4.78, 5) is 65.9. The number of nitrogens with zero attached hydrogens (tertiary/aromatic N) is 6. The number of rotatable bonds is 11. The fourth-order valence-corrected chi connectivity index (χ4v) is 6.17. The molecular formula is C44H48BClF3KN8O8. The van der Waals surface area contributed by atoms with Gasteiger partial charge in [-0.05, 0) is 49.4 Å². The number of amides is 4. The molecule has 2 aromatic carbocycles. The molecule has 4 amide bonds. The van der Waals surface area contributed by atoms with Gasteiger partial charge in [-0.2, -0.15) is 30.3 Å². The van der Waals surface area contributed by atoms with Crippen LogP contribution in [-0.4, -0.2) is 137 Å². The molecule has 22 heteroatoms. The van der Waals surface area contributed by atoms with Crippen molar-refractivity contribution < 1.29 is 103 Å². The molecule has 16 nitrogen and oxygen atoms in total. The Labute approximate surface area is 429 Å². The average Bonchev–Trinajstić information content (AvgIpc) is 3.70. The minimum absolute atomic E-state index is 0. The van der Waals surface area contributed by atoms with E-state index in [1.54, 1.807) is 70.9 Å². The van der Waals surface area contributed by atoms with Crippen molar-refractivity contribution in [3.05, 3.63) is 106 Å². The normalized spacial score (nSPS) is 16.9. The Kier molecular flexibility index (Phi) is 24.7. The maximum Gasteiger partial charge on any atom is 1.00 e. The van der Waals surface area contributed by atoms with Crippen LogP contribution in [0.4, 0.5) is 12.9 Å². The van der Waals surface area contributed by atoms with Gasteiger partial charge in [0.05, 0.1) is 0 Å². The van der Waals surface area contributed by atoms with Gasteiger partial charge in [0.1, 0.15) is 11.4 Å². The quantitative estimate of drug-likeness (QED) is 0.0507. The van der Waals surface area contributed by atoms with Crippen LogP contribution in [0, 0.1) is 29.7 Å². The average molecular weight is 959 g/mol. The summed E-state index contributed by atoms with van der Waals surface area (Å²) in [6.07, 6.45) is 6.49. The Hall–Kier alpha value is -4.78. The van der Waals surface area contributed by atoms with Crippen LogP contribution in [0.3, 0.4) is 0 Å². The van der Waals surface area contributed by atoms with Crippen molar-refractivity contribution >= 4 is 42.8 Å². The van der Waals surface area contributed by atoms with Crippen molar-refractivity contribution in [1.82, 2.24) is 29.7 Å². The first-order valence-corrected chi connectivity index (χ1v) is 20.2. The van der Waals surface area contributed by atoms with E-state index in [2.05, 4.69) is 49.7 Å². The second kappa shape index (κ2) is 28.4. The van der Waals surface area contributed by atoms with Crippen LogP contribution < -0.4 is 62.9 Å². The van der Waals surface area contributed by atoms with Crippen molar-refractivity contribution in [2.24, 2.45) is 11.5 Å². The second-order valence-corrected chi connectivity index (χ2v) is 14.6. The first-order chi connectivity index (χ1) is 30.8. The van der Waals surface area contributed by atoms with Gasteiger partial charge >= 0.3 is 58.9 Å². The zero-order valence-corrected chi connectivity index (χ0v) is 41.0. The molecular weight excluding hydrogens is 911 g/mol. The number of carbonyl (C=O) groups excluding carboxylic acids is 4. The number of benzene rings is 2. The van der Waals surface area contributed by atoms with Gasteiger partial charge in [0.2, 0.25) is 16.5 Å². The number of nitrogens with two attached hydrogens (primary N) is 2. The number of likely N-dealkylation sites (N-methyl/N-ethyl adjacent to an activating group) is 2. The maximum atomic E-state index is 12.1. The summed E-state index contributed by atoms with van der Waals surface area (Å²) in [5, 5.41) is 20.5. The van der Waals surface area contributed by atoms with Gasteiger partial charge in [0.25, 0.3) is 23.6 Å². The third kappa shape index (κ3) is 18.1. The first kappa shape index (κ1) is 57.3. The van der Waals surface area contributed by atoms with E-state index in [4.69, 9.17) is 32.5 Å². The minimum atomic E-state index is -3.67. The maximum absolute atomic E-state index is 12.1. The van der Waals surface area contributed by atoms with Gasteiger partial charge in [-0.1, -0.05) is 35.5 Å². The molecule has 2 atom stereocenters. The summed E-state index contributed by atoms with van der Waals surface area (Å²) in [7, 11) is 2.87. The first-order valence-electron chi connectivity index (χ1n) is 19.8. The van der Waals surface area contributed by atoms with E-state index in [1.807, 2.05) is 12.1 Å². The van der Waals surface area contributed by atoms with Crippen molar-refractivity contribution in [2.75, 3.05) is 54.6 Å². The summed E-state index contributed by atoms with van der Waals surface area (Å²) in [5.74, 6) is 9.42. The largest absolute Gasteiger partial charge is 1.00 e. The number of likely N-dealkylation sites (tertiary alicyclic amines) is 2. The number of ether oxygens (including phenoxy) is 2. The van der Waals surface area contributed by atoms with Crippen LogP contribution in [-0.2, 0) is 31.9 Å². The van der Waals surface area contributed by atoms with Gasteiger partial charge in [0.15, 0.2) is 5.82 Å². The van der Waals surface area contributed by atoms with E-state index in [1.165, 1.54) is 16.0 Å². The van der Waals surface area contributed by atoms with E-state index in [0.29, 0.717) is 73.6 Å². The summed E-state index contributed by atoms with van der Waals surface area (Å²) in [5.41, 5.74) is 11.2. The molecule has 0 radical (unpaired) electrons. The van der Waals surface area contributed by atoms with Gasteiger partial charge in [0, 0.05) is 102 Å². The standard InChI is InChI=1S/C22H24N4O4.C13H12NO2.C9H12ClN3O2.BF3.K/c1-26-11-10-22(29,21(26)28)9-8-15-5-3-6-16(13-15)20-24-14-17(7-4-12-30-2)18(25-20)19(23)27;1-14-10-9-13(16,12(14)15)8-7-11-5-3-2-4-6-11;1-15-4-2-3-6-5-12-9(10)13-7(6)8(11)14;2-1(3)4;/h3,5-6,13-14,29H,4,7,10-12H2,1-2H3,(H2,23,27);2-3,5-6,16H,9-10H2,1H3;5H,2-4H2,1H3,(H2,11,14);;/q;-1;;;+1/t22-;13-;;;/m00.../s1. The van der Waals surface area contributed by atoms with Crippen molar-refractivity contribution in [3.8, 4) is 35.1 Å². The molecule has 2 fully saturated rings. The molecule has 4 heterocycles. The number of halogens is 4. The van der Waals surface area contributed by atoms with Crippen LogP contribution in [0.25, 0.3) is 11.4 Å². The van der Waals surface area contributed by atoms with Gasteiger partial charge in [-0.25, -0.2) is 19.9 Å². The minimum Gasteiger partial charge on any atom is -0.385 e. The zero-order valence-electron chi connectivity index (χ0n) is 37.1. The predicted molar refractivity (Wildman–Crippen MR) is 234 cm³/mol. The Morgan fingerprint density at radius 2 is 1.32 bits per heavy atom. The van der Waals surface area contributed by atoms with Gasteiger partial charge in [-0.15, -0.1) is 5.92 Å². The predicted octanol–water partition coefficient (Wildman–Crippen LogP) is -0.111. The van der Waals surface area contributed by atoms with E-state index in [0.717, 1.165) is 18.4 Å². The summed E-state index contributed by atoms with van der Waals surface area (Å²) < 4.78 is 38.9. The number of aliphatic hydroxyl groups is 2. The van der Waals surface area contributed by atoms with Crippen LogP contribution in [0.2, 0.25) is 5.28 Å². The molecule has 344 valence electrons. The Morgan fingerprint density at radius 3 is 1.77 bits per heavy atom. The number of hydrogen-bond acceptors (Lipinski definition) is 12. The molecule has 2 aliphatic rings. The molecule has 2 aromatic heterocycles. The number of aryl methyl sites for hydroxylation is 2. The topological polar surface area (TPSA) is 237 Å². The molecule has 0 bridgehead atoms. The van der Waals surface area contributed by atoms with E-state index in [9.17, 15) is 42.3 Å². The molecule has 0 saturated carbocycles. The van der Waals surface area contributed by atoms with Crippen LogP contribution in [0.5, 0.6) is 0 Å². The number of primary amides is 2. The van der Waals surface area contributed by atoms with Crippen molar-refractivity contribution in [2.45, 2.75) is 49.7 Å². The molecule has 6 rings (SSSR count). The molecule has 0 spiro atoms. The Morgan fingerprint density at radius 1 is 0.833 bits per heavy atom. The van der Waals surface area contributed by atoms with Crippen LogP contribution >= 0.6 is 11.6 Å². The summed E-state index contributed by atoms with van der Waals surface area (Å²) >= 11 is 5.57. The zero-order chi connectivity index (χ0) is 48.2. The molecule has 2 saturated heterocycles. The molecule has 6 N–H and O–H groups in total. The summed E-state index contributed by atoms with van der Waals surface area (Å²) in [6.45, 7) is 2.18. The number of aromatic nitrogens is 4. The van der Waals surface area contributed by atoms with Crippen molar-refractivity contribution in [1.29, 1.82) is 0 Å². The number of hydrogen-bond donors (Lipinski definition) is 4. The monoisotopic (exact) mass is 958 g/mol. The molecule has 2 aliphatic heterocycles. The Bertz CT molecular complexity index is 2410. The fraction of sp³-hybridized carbons (Fsp3) is 0.364. The van der Waals surface area contributed by atoms with Gasteiger partial charge in [-0.3, -0.25) is 32.1 Å². The third-order valence-electron chi connectivity index (χ3n) is 9.43. The van der Waals surface area contributed by atoms with Crippen molar-refractivity contribution in [3.63, 3.8) is 0 Å². The number of carbonyl (C=O) groups is 4. The molecule has 4 aromatic rings.